The van der Waals surface area contributed by atoms with Gasteiger partial charge in [0.15, 0.2) is 0 Å². The maximum absolute atomic E-state index is 11.3. The van der Waals surface area contributed by atoms with Gasteiger partial charge in [0, 0.05) is 16.6 Å². The van der Waals surface area contributed by atoms with E-state index in [1.165, 1.54) is 4.68 Å². The molecule has 33 heavy (non-hydrogen) atoms. The Morgan fingerprint density at radius 1 is 1.18 bits per heavy atom. The summed E-state index contributed by atoms with van der Waals surface area (Å²) in [5.74, 6) is -0.719. The maximum atomic E-state index is 11.3. The third kappa shape index (κ3) is 5.18. The highest BCUT2D eigenvalue weighted by atomic mass is 35.5. The van der Waals surface area contributed by atoms with Crippen LogP contribution in [-0.4, -0.2) is 72.7 Å². The fourth-order valence-electron chi connectivity index (χ4n) is 4.06. The molecule has 176 valence electrons. The Bertz CT molecular complexity index is 1120. The van der Waals surface area contributed by atoms with Crippen molar-refractivity contribution in [3.63, 3.8) is 0 Å². The zero-order chi connectivity index (χ0) is 23.5. The second-order valence-corrected chi connectivity index (χ2v) is 11.0. The lowest BCUT2D eigenvalue weighted by atomic mass is 10.0. The molecule has 0 aliphatic carbocycles. The summed E-state index contributed by atoms with van der Waals surface area (Å²) in [4.78, 5) is 12.1. The molecule has 8 nitrogen and oxygen atoms in total. The number of thiol groups is 1. The predicted octanol–water partition coefficient (Wildman–Crippen LogP) is 3.06. The fraction of sp³-hybridized carbons (Fsp3) is 0.318. The van der Waals surface area contributed by atoms with E-state index in [-0.39, 0.29) is 6.61 Å². The Hall–Kier alpha value is -2.14. The Kier molecular flexibility index (Phi) is 7.58. The van der Waals surface area contributed by atoms with Crippen molar-refractivity contribution in [2.45, 2.75) is 28.4 Å². The summed E-state index contributed by atoms with van der Waals surface area (Å²) in [6.07, 6.45) is -0.0418. The van der Waals surface area contributed by atoms with Crippen molar-refractivity contribution in [2.75, 3.05) is 19.0 Å². The number of halogens is 2. The van der Waals surface area contributed by atoms with Gasteiger partial charge in [0.25, 0.3) is 0 Å². The van der Waals surface area contributed by atoms with Gasteiger partial charge in [0.2, 0.25) is 0 Å². The van der Waals surface area contributed by atoms with Gasteiger partial charge in [-0.15, -0.1) is 5.10 Å². The number of aliphatic carboxylic acids is 1. The second-order valence-electron chi connectivity index (χ2n) is 7.67. The first-order chi connectivity index (χ1) is 15.9. The van der Waals surface area contributed by atoms with E-state index >= 15 is 0 Å². The average Bonchev–Trinajstić information content (AvgIpc) is 3.29. The van der Waals surface area contributed by atoms with Gasteiger partial charge in [-0.2, -0.15) is 0 Å². The Morgan fingerprint density at radius 2 is 1.94 bits per heavy atom. The average molecular weight is 512 g/mol. The molecule has 0 amide bonds. The van der Waals surface area contributed by atoms with E-state index in [9.17, 15) is 20.1 Å². The van der Waals surface area contributed by atoms with Gasteiger partial charge in [-0.05, 0) is 23.1 Å². The Balaban J connectivity index is 1.69. The molecular weight excluding hydrogens is 489 g/mol. The monoisotopic (exact) mass is 511 g/mol. The number of carboxylic acid groups (broad SMARTS) is 1. The highest BCUT2D eigenvalue weighted by molar-refractivity contribution is 8.17. The fourth-order valence-corrected chi connectivity index (χ4v) is 7.31. The van der Waals surface area contributed by atoms with Crippen molar-refractivity contribution < 1.29 is 24.9 Å². The number of nitrogens with zero attached hydrogens (tertiary/aromatic N) is 3. The molecule has 1 saturated heterocycles. The van der Waals surface area contributed by atoms with Crippen LogP contribution in [0.1, 0.15) is 6.04 Å². The van der Waals surface area contributed by atoms with Crippen molar-refractivity contribution in [2.24, 2.45) is 0 Å². The van der Waals surface area contributed by atoms with E-state index < -0.39 is 47.0 Å². The number of aromatic nitrogens is 3. The maximum Gasteiger partial charge on any atom is 0.329 e. The van der Waals surface area contributed by atoms with Crippen molar-refractivity contribution >= 4 is 40.1 Å². The number of carboxylic acids is 1. The van der Waals surface area contributed by atoms with Crippen LogP contribution in [0, 0.1) is 0 Å². The van der Waals surface area contributed by atoms with Crippen LogP contribution in [0.15, 0.2) is 59.6 Å². The molecule has 5 atom stereocenters. The minimum Gasteiger partial charge on any atom is -0.480 e. The van der Waals surface area contributed by atoms with E-state index in [1.54, 1.807) is 18.3 Å². The molecule has 2 heterocycles. The molecule has 0 radical (unpaired) electrons. The van der Waals surface area contributed by atoms with Gasteiger partial charge in [0.05, 0.1) is 35.1 Å². The lowest BCUT2D eigenvalue weighted by Crippen LogP contribution is -2.51. The van der Waals surface area contributed by atoms with Crippen molar-refractivity contribution in [3.05, 3.63) is 64.8 Å². The van der Waals surface area contributed by atoms with Crippen LogP contribution in [0.3, 0.4) is 0 Å². The number of ether oxygens (including phenoxy) is 1. The third-order valence-electron chi connectivity index (χ3n) is 5.63. The summed E-state index contributed by atoms with van der Waals surface area (Å²) in [5, 5.41) is 39.4. The summed E-state index contributed by atoms with van der Waals surface area (Å²) in [5.41, 5.74) is 1.46. The van der Waals surface area contributed by atoms with E-state index in [1.807, 2.05) is 36.4 Å². The molecule has 1 fully saturated rings. The molecule has 1 aliphatic rings. The smallest absolute Gasteiger partial charge is 0.329 e. The van der Waals surface area contributed by atoms with E-state index in [4.69, 9.17) is 27.9 Å². The molecule has 0 bridgehead atoms. The minimum atomic E-state index is -1.14. The summed E-state index contributed by atoms with van der Waals surface area (Å²) < 4.78 is 7.23. The van der Waals surface area contributed by atoms with Gasteiger partial charge in [0.1, 0.15) is 18.3 Å². The predicted molar refractivity (Wildman–Crippen MR) is 127 cm³/mol. The quantitative estimate of drug-likeness (QED) is 0.360. The zero-order valence-electron chi connectivity index (χ0n) is 17.3. The first-order valence-electron chi connectivity index (χ1n) is 10.2. The Morgan fingerprint density at radius 3 is 2.61 bits per heavy atom. The summed E-state index contributed by atoms with van der Waals surface area (Å²) >= 11 is 12.3. The van der Waals surface area contributed by atoms with Crippen LogP contribution >= 0.6 is 34.1 Å². The second kappa shape index (κ2) is 10.4. The minimum absolute atomic E-state index is 0.268. The van der Waals surface area contributed by atoms with Gasteiger partial charge < -0.3 is 20.1 Å². The van der Waals surface area contributed by atoms with Gasteiger partial charge in [-0.25, -0.2) is 20.4 Å². The normalized spacial score (nSPS) is 26.2. The van der Waals surface area contributed by atoms with Gasteiger partial charge in [-0.1, -0.05) is 58.7 Å². The van der Waals surface area contributed by atoms with Crippen LogP contribution in [0.4, 0.5) is 0 Å². The van der Waals surface area contributed by atoms with Crippen LogP contribution < -0.4 is 0 Å². The highest BCUT2D eigenvalue weighted by Gasteiger charge is 2.45. The number of carbonyl (C=O) groups is 1. The van der Waals surface area contributed by atoms with Gasteiger partial charge in [-0.3, -0.25) is 0 Å². The molecule has 3 aromatic rings. The first-order valence-corrected chi connectivity index (χ1v) is 12.6. The molecule has 1 aromatic heterocycles. The number of hydrogen-bond acceptors (Lipinski definition) is 6. The zero-order valence-corrected chi connectivity index (χ0v) is 19.7. The molecule has 3 N–H and O–H groups in total. The lowest BCUT2D eigenvalue weighted by Gasteiger charge is -2.46. The van der Waals surface area contributed by atoms with Crippen LogP contribution in [0.5, 0.6) is 0 Å². The molecule has 1 aliphatic heterocycles. The molecule has 0 spiro atoms. The number of benzene rings is 2. The topological polar surface area (TPSA) is 118 Å². The third-order valence-corrected chi connectivity index (χ3v) is 9.33. The largest absolute Gasteiger partial charge is 0.480 e. The molecule has 1 unspecified atom stereocenters. The lowest BCUT2D eigenvalue weighted by molar-refractivity contribution is -0.146. The first kappa shape index (κ1) is 24.0. The van der Waals surface area contributed by atoms with Crippen LogP contribution in [0.2, 0.25) is 10.0 Å². The number of hydrogen-bond donors (Lipinski definition) is 4. The number of rotatable bonds is 7. The molecule has 0 saturated carbocycles. The summed E-state index contributed by atoms with van der Waals surface area (Å²) in [6.45, 7) is -0.794. The van der Waals surface area contributed by atoms with E-state index in [0.29, 0.717) is 21.5 Å². The Labute approximate surface area is 203 Å². The van der Waals surface area contributed by atoms with E-state index in [2.05, 4.69) is 10.3 Å². The molecule has 4 rings (SSSR count). The van der Waals surface area contributed by atoms with Crippen molar-refractivity contribution in [1.82, 2.24) is 15.0 Å². The summed E-state index contributed by atoms with van der Waals surface area (Å²) in [6, 6.07) is 13.9. The molecule has 11 heteroatoms. The van der Waals surface area contributed by atoms with Gasteiger partial charge >= 0.3 is 5.97 Å². The SMILES string of the molecule is O=C(O)CO[C@H]1C[SH](c2ccc(Cl)c(Cl)c2)[C@H](CO)[C@H](O)[C@@H]1n1cc(-c2ccccc2)nn1. The molecule has 2 aromatic carbocycles. The molecular formula is C22H23Cl2N3O5S. The van der Waals surface area contributed by atoms with E-state index in [0.717, 1.165) is 10.5 Å². The van der Waals surface area contributed by atoms with Crippen molar-refractivity contribution in [3.8, 4) is 11.3 Å². The van der Waals surface area contributed by atoms with Crippen molar-refractivity contribution in [1.29, 1.82) is 0 Å². The highest BCUT2D eigenvalue weighted by Crippen LogP contribution is 2.51. The number of aliphatic hydroxyl groups excluding tert-OH is 2. The van der Waals surface area contributed by atoms with Crippen LogP contribution in [-0.2, 0) is 9.53 Å². The number of aliphatic hydroxyl groups is 2. The summed E-state index contributed by atoms with van der Waals surface area (Å²) in [7, 11) is -1.14. The van der Waals surface area contributed by atoms with Crippen LogP contribution in [0.25, 0.3) is 11.3 Å². The standard InChI is InChI=1S/C22H23Cl2N3O5S/c23-15-7-6-14(8-16(15)24)33-12-18(32-11-20(29)30)21(22(31)19(33)10-28)27-9-17(25-26-27)13-4-2-1-3-5-13/h1-9,18-19,21-22,28,31,33H,10-12H2,(H,29,30)/t18-,19+,21+,22-/m0/s1.